The van der Waals surface area contributed by atoms with E-state index in [1.807, 2.05) is 0 Å². The number of carbonyl (C=O) groups is 2. The molecule has 0 bridgehead atoms. The first-order valence-corrected chi connectivity index (χ1v) is 7.72. The third-order valence-electron chi connectivity index (χ3n) is 2.94. The molecule has 7 heteroatoms. The number of carbonyl (C=O) groups excluding carboxylic acids is 2. The highest BCUT2D eigenvalue weighted by Gasteiger charge is 2.21. The topological polar surface area (TPSA) is 119 Å². The van der Waals surface area contributed by atoms with Crippen LogP contribution in [0.2, 0.25) is 0 Å². The standard InChI is InChI=1S/C14H30N4O3/c1-2-21-13(19)11-12(17-9-5-3-7-15)14(20)18-10-6-4-8-16/h12,17H,2-11,15-16H2,1H3,(H,18,20). The molecular formula is C14H30N4O3. The summed E-state index contributed by atoms with van der Waals surface area (Å²) in [7, 11) is 0. The van der Waals surface area contributed by atoms with Crippen molar-refractivity contribution in [3.05, 3.63) is 0 Å². The first kappa shape index (κ1) is 19.8. The number of unbranched alkanes of at least 4 members (excludes halogenated alkanes) is 2. The van der Waals surface area contributed by atoms with Crippen molar-refractivity contribution in [2.45, 2.75) is 45.1 Å². The smallest absolute Gasteiger partial charge is 0.307 e. The summed E-state index contributed by atoms with van der Waals surface area (Å²) in [6, 6.07) is -0.556. The molecule has 0 aliphatic carbocycles. The van der Waals surface area contributed by atoms with Gasteiger partial charge in [0.1, 0.15) is 0 Å². The van der Waals surface area contributed by atoms with E-state index >= 15 is 0 Å². The van der Waals surface area contributed by atoms with Crippen LogP contribution in [0.4, 0.5) is 0 Å². The lowest BCUT2D eigenvalue weighted by atomic mass is 10.1. The van der Waals surface area contributed by atoms with Crippen molar-refractivity contribution in [3.8, 4) is 0 Å². The predicted molar refractivity (Wildman–Crippen MR) is 82.6 cm³/mol. The summed E-state index contributed by atoms with van der Waals surface area (Å²) >= 11 is 0. The van der Waals surface area contributed by atoms with Crippen LogP contribution in [0.5, 0.6) is 0 Å². The maximum absolute atomic E-state index is 12.1. The molecule has 0 saturated carbocycles. The van der Waals surface area contributed by atoms with Crippen molar-refractivity contribution < 1.29 is 14.3 Å². The minimum Gasteiger partial charge on any atom is -0.466 e. The molecule has 6 N–H and O–H groups in total. The SMILES string of the molecule is CCOC(=O)CC(NCCCCN)C(=O)NCCCCN. The van der Waals surface area contributed by atoms with Gasteiger partial charge in [0.15, 0.2) is 0 Å². The molecule has 0 aliphatic heterocycles. The monoisotopic (exact) mass is 302 g/mol. The van der Waals surface area contributed by atoms with E-state index in [0.29, 0.717) is 32.8 Å². The van der Waals surface area contributed by atoms with Crippen LogP contribution in [0.15, 0.2) is 0 Å². The fourth-order valence-corrected chi connectivity index (χ4v) is 1.79. The molecule has 0 aliphatic rings. The highest BCUT2D eigenvalue weighted by Crippen LogP contribution is 1.98. The number of nitrogens with one attached hydrogen (secondary N) is 2. The molecule has 0 aromatic heterocycles. The van der Waals surface area contributed by atoms with Gasteiger partial charge in [-0.25, -0.2) is 0 Å². The summed E-state index contributed by atoms with van der Waals surface area (Å²) < 4.78 is 4.90. The number of ether oxygens (including phenoxy) is 1. The van der Waals surface area contributed by atoms with Gasteiger partial charge >= 0.3 is 5.97 Å². The van der Waals surface area contributed by atoms with Crippen LogP contribution in [0.1, 0.15) is 39.0 Å². The van der Waals surface area contributed by atoms with Crippen LogP contribution >= 0.6 is 0 Å². The molecule has 0 fully saturated rings. The molecule has 0 spiro atoms. The minimum absolute atomic E-state index is 0.0409. The van der Waals surface area contributed by atoms with Gasteiger partial charge < -0.3 is 26.8 Å². The van der Waals surface area contributed by atoms with Gasteiger partial charge in [-0.1, -0.05) is 0 Å². The summed E-state index contributed by atoms with van der Waals surface area (Å²) in [6.45, 7) is 4.51. The molecule has 0 heterocycles. The highest BCUT2D eigenvalue weighted by molar-refractivity contribution is 5.86. The van der Waals surface area contributed by atoms with Crippen LogP contribution in [0.25, 0.3) is 0 Å². The Morgan fingerprint density at radius 2 is 1.67 bits per heavy atom. The Kier molecular flexibility index (Phi) is 13.0. The third-order valence-corrected chi connectivity index (χ3v) is 2.94. The van der Waals surface area contributed by atoms with E-state index in [4.69, 9.17) is 16.2 Å². The van der Waals surface area contributed by atoms with Crippen molar-refractivity contribution in [2.75, 3.05) is 32.8 Å². The van der Waals surface area contributed by atoms with E-state index in [2.05, 4.69) is 10.6 Å². The normalized spacial score (nSPS) is 12.0. The quantitative estimate of drug-likeness (QED) is 0.269. The van der Waals surface area contributed by atoms with Gasteiger partial charge in [-0.15, -0.1) is 0 Å². The van der Waals surface area contributed by atoms with E-state index in [1.165, 1.54) is 0 Å². The number of amides is 1. The Morgan fingerprint density at radius 3 is 2.24 bits per heavy atom. The molecule has 1 atom stereocenters. The van der Waals surface area contributed by atoms with Crippen LogP contribution in [-0.4, -0.2) is 50.7 Å². The molecule has 0 aromatic carbocycles. The van der Waals surface area contributed by atoms with Gasteiger partial charge in [0.25, 0.3) is 0 Å². The second-order valence-corrected chi connectivity index (χ2v) is 4.80. The van der Waals surface area contributed by atoms with E-state index in [1.54, 1.807) is 6.92 Å². The van der Waals surface area contributed by atoms with E-state index < -0.39 is 6.04 Å². The molecule has 0 rings (SSSR count). The lowest BCUT2D eigenvalue weighted by Crippen LogP contribution is -2.46. The second kappa shape index (κ2) is 13.8. The lowest BCUT2D eigenvalue weighted by Gasteiger charge is -2.17. The average molecular weight is 302 g/mol. The first-order valence-electron chi connectivity index (χ1n) is 7.72. The Morgan fingerprint density at radius 1 is 1.05 bits per heavy atom. The fourth-order valence-electron chi connectivity index (χ4n) is 1.79. The molecule has 124 valence electrons. The van der Waals surface area contributed by atoms with Gasteiger partial charge in [-0.3, -0.25) is 9.59 Å². The summed E-state index contributed by atoms with van der Waals surface area (Å²) in [5, 5.41) is 5.91. The van der Waals surface area contributed by atoms with Crippen molar-refractivity contribution in [1.29, 1.82) is 0 Å². The number of nitrogens with two attached hydrogens (primary N) is 2. The van der Waals surface area contributed by atoms with Crippen LogP contribution < -0.4 is 22.1 Å². The zero-order valence-electron chi connectivity index (χ0n) is 13.0. The third kappa shape index (κ3) is 11.2. The molecule has 1 amide bonds. The zero-order valence-corrected chi connectivity index (χ0v) is 13.0. The van der Waals surface area contributed by atoms with Crippen molar-refractivity contribution in [1.82, 2.24) is 10.6 Å². The Balaban J connectivity index is 4.20. The molecule has 1 unspecified atom stereocenters. The minimum atomic E-state index is -0.556. The summed E-state index contributed by atoms with van der Waals surface area (Å²) in [5.74, 6) is -0.543. The van der Waals surface area contributed by atoms with E-state index in [9.17, 15) is 9.59 Å². The van der Waals surface area contributed by atoms with Crippen molar-refractivity contribution in [2.24, 2.45) is 11.5 Å². The van der Waals surface area contributed by atoms with Gasteiger partial charge in [0, 0.05) is 6.54 Å². The summed E-state index contributed by atoms with van der Waals surface area (Å²) in [4.78, 5) is 23.6. The molecule has 21 heavy (non-hydrogen) atoms. The van der Waals surface area contributed by atoms with Crippen molar-refractivity contribution >= 4 is 11.9 Å². The van der Waals surface area contributed by atoms with E-state index in [0.717, 1.165) is 25.7 Å². The summed E-state index contributed by atoms with van der Waals surface area (Å²) in [5.41, 5.74) is 10.8. The molecule has 0 aromatic rings. The number of rotatable bonds is 13. The zero-order chi connectivity index (χ0) is 15.9. The summed E-state index contributed by atoms with van der Waals surface area (Å²) in [6.07, 6.45) is 3.50. The van der Waals surface area contributed by atoms with Crippen LogP contribution in [-0.2, 0) is 14.3 Å². The Labute approximate surface area is 127 Å². The van der Waals surface area contributed by atoms with Gasteiger partial charge in [-0.05, 0) is 52.2 Å². The molecule has 7 nitrogen and oxygen atoms in total. The first-order chi connectivity index (χ1) is 10.2. The average Bonchev–Trinajstić information content (AvgIpc) is 2.47. The fraction of sp³-hybridized carbons (Fsp3) is 0.857. The lowest BCUT2D eigenvalue weighted by molar-refractivity contribution is -0.145. The maximum atomic E-state index is 12.1. The van der Waals surface area contributed by atoms with Gasteiger partial charge in [0.2, 0.25) is 5.91 Å². The Hall–Kier alpha value is -1.18. The molecule has 0 radical (unpaired) electrons. The van der Waals surface area contributed by atoms with Crippen LogP contribution in [0.3, 0.4) is 0 Å². The molecular weight excluding hydrogens is 272 g/mol. The van der Waals surface area contributed by atoms with Gasteiger partial charge in [-0.2, -0.15) is 0 Å². The number of esters is 1. The van der Waals surface area contributed by atoms with Gasteiger partial charge in [0.05, 0.1) is 19.1 Å². The second-order valence-electron chi connectivity index (χ2n) is 4.80. The Bertz CT molecular complexity index is 287. The maximum Gasteiger partial charge on any atom is 0.307 e. The van der Waals surface area contributed by atoms with Crippen molar-refractivity contribution in [3.63, 3.8) is 0 Å². The van der Waals surface area contributed by atoms with E-state index in [-0.39, 0.29) is 18.3 Å². The molecule has 0 saturated heterocycles. The van der Waals surface area contributed by atoms with Crippen LogP contribution in [0, 0.1) is 0 Å². The highest BCUT2D eigenvalue weighted by atomic mass is 16.5. The number of hydrogen-bond donors (Lipinski definition) is 4. The largest absolute Gasteiger partial charge is 0.466 e. The predicted octanol–water partition coefficient (Wildman–Crippen LogP) is -0.508. The number of hydrogen-bond acceptors (Lipinski definition) is 6.